The molecule has 0 spiro atoms. The van der Waals surface area contributed by atoms with Gasteiger partial charge in [0.15, 0.2) is 0 Å². The van der Waals surface area contributed by atoms with Crippen molar-refractivity contribution < 1.29 is 9.59 Å². The summed E-state index contributed by atoms with van der Waals surface area (Å²) in [6.45, 7) is 4.41. The Morgan fingerprint density at radius 3 is 2.71 bits per heavy atom. The third-order valence-corrected chi connectivity index (χ3v) is 4.43. The van der Waals surface area contributed by atoms with Gasteiger partial charge in [-0.05, 0) is 45.1 Å². The van der Waals surface area contributed by atoms with Crippen molar-refractivity contribution in [3.8, 4) is 0 Å². The minimum Gasteiger partial charge on any atom is -0.354 e. The number of amides is 2. The smallest absolute Gasteiger partial charge is 0.237 e. The predicted molar refractivity (Wildman–Crippen MR) is 85.5 cm³/mol. The first-order chi connectivity index (χ1) is 9.72. The van der Waals surface area contributed by atoms with E-state index in [1.54, 1.807) is 0 Å². The van der Waals surface area contributed by atoms with E-state index in [4.69, 9.17) is 0 Å². The van der Waals surface area contributed by atoms with E-state index < -0.39 is 0 Å². The minimum atomic E-state index is -0.0523. The van der Waals surface area contributed by atoms with E-state index in [1.807, 2.05) is 4.90 Å². The van der Waals surface area contributed by atoms with E-state index in [0.29, 0.717) is 19.0 Å². The Kier molecular flexibility index (Phi) is 8.04. The molecular formula is C15H28ClN3O2. The minimum absolute atomic E-state index is 0. The molecule has 0 aromatic carbocycles. The van der Waals surface area contributed by atoms with Crippen LogP contribution in [0.15, 0.2) is 0 Å². The van der Waals surface area contributed by atoms with Crippen LogP contribution in [-0.4, -0.2) is 48.4 Å². The number of piperidine rings is 1. The fourth-order valence-electron chi connectivity index (χ4n) is 3.22. The second kappa shape index (κ2) is 9.26. The summed E-state index contributed by atoms with van der Waals surface area (Å²) in [5, 5.41) is 6.05. The topological polar surface area (TPSA) is 61.4 Å². The zero-order valence-electron chi connectivity index (χ0n) is 12.9. The van der Waals surface area contributed by atoms with Crippen LogP contribution >= 0.6 is 12.4 Å². The molecule has 2 rings (SSSR count). The lowest BCUT2D eigenvalue weighted by Crippen LogP contribution is -2.45. The first-order valence-electron chi connectivity index (χ1n) is 8.03. The number of carbonyl (C=O) groups is 2. The van der Waals surface area contributed by atoms with Crippen molar-refractivity contribution in [1.82, 2.24) is 15.5 Å². The highest BCUT2D eigenvalue weighted by atomic mass is 35.5. The average molecular weight is 318 g/mol. The fraction of sp³-hybridized carbons (Fsp3) is 0.867. The van der Waals surface area contributed by atoms with E-state index in [-0.39, 0.29) is 30.3 Å². The number of carbonyl (C=O) groups excluding carboxylic acids is 2. The van der Waals surface area contributed by atoms with Gasteiger partial charge < -0.3 is 15.5 Å². The third-order valence-electron chi connectivity index (χ3n) is 4.43. The van der Waals surface area contributed by atoms with Crippen LogP contribution in [0.25, 0.3) is 0 Å². The number of hydrogen-bond acceptors (Lipinski definition) is 3. The van der Waals surface area contributed by atoms with E-state index in [2.05, 4.69) is 17.6 Å². The molecule has 0 saturated carbocycles. The first-order valence-corrected chi connectivity index (χ1v) is 8.03. The van der Waals surface area contributed by atoms with Gasteiger partial charge in [0.05, 0.1) is 6.04 Å². The molecule has 2 heterocycles. The van der Waals surface area contributed by atoms with Gasteiger partial charge >= 0.3 is 0 Å². The van der Waals surface area contributed by atoms with E-state index >= 15 is 0 Å². The van der Waals surface area contributed by atoms with Gasteiger partial charge in [-0.3, -0.25) is 9.59 Å². The van der Waals surface area contributed by atoms with Gasteiger partial charge in [-0.15, -0.1) is 12.4 Å². The number of rotatable bonds is 5. The molecule has 2 atom stereocenters. The van der Waals surface area contributed by atoms with Crippen LogP contribution in [0.2, 0.25) is 0 Å². The molecule has 21 heavy (non-hydrogen) atoms. The molecule has 0 aromatic rings. The zero-order chi connectivity index (χ0) is 14.4. The maximum atomic E-state index is 12.2. The highest BCUT2D eigenvalue weighted by Crippen LogP contribution is 2.20. The van der Waals surface area contributed by atoms with Crippen molar-refractivity contribution in [1.29, 1.82) is 0 Å². The lowest BCUT2D eigenvalue weighted by Gasteiger charge is -2.35. The Morgan fingerprint density at radius 1 is 1.24 bits per heavy atom. The number of likely N-dealkylation sites (tertiary alicyclic amines) is 1. The normalized spacial score (nSPS) is 25.3. The van der Waals surface area contributed by atoms with Crippen LogP contribution in [0, 0.1) is 0 Å². The summed E-state index contributed by atoms with van der Waals surface area (Å²) in [6.07, 6.45) is 6.89. The third kappa shape index (κ3) is 5.15. The Morgan fingerprint density at radius 2 is 2.05 bits per heavy atom. The maximum absolute atomic E-state index is 12.2. The maximum Gasteiger partial charge on any atom is 0.237 e. The van der Waals surface area contributed by atoms with Crippen LogP contribution in [0.1, 0.15) is 51.9 Å². The molecule has 2 saturated heterocycles. The van der Waals surface area contributed by atoms with E-state index in [1.165, 1.54) is 6.42 Å². The molecule has 0 radical (unpaired) electrons. The molecule has 0 aromatic heterocycles. The summed E-state index contributed by atoms with van der Waals surface area (Å²) in [5.74, 6) is 0.234. The molecule has 2 fully saturated rings. The summed E-state index contributed by atoms with van der Waals surface area (Å²) < 4.78 is 0. The van der Waals surface area contributed by atoms with Crippen molar-refractivity contribution in [2.75, 3.05) is 19.6 Å². The molecule has 2 N–H and O–H groups in total. The molecule has 0 aliphatic carbocycles. The molecule has 2 aliphatic rings. The summed E-state index contributed by atoms with van der Waals surface area (Å²) >= 11 is 0. The largest absolute Gasteiger partial charge is 0.354 e. The van der Waals surface area contributed by atoms with Crippen molar-refractivity contribution in [3.63, 3.8) is 0 Å². The highest BCUT2D eigenvalue weighted by molar-refractivity contribution is 5.85. The van der Waals surface area contributed by atoms with Crippen molar-refractivity contribution in [3.05, 3.63) is 0 Å². The second-order valence-corrected chi connectivity index (χ2v) is 5.83. The average Bonchev–Trinajstić information content (AvgIpc) is 3.01. The number of nitrogens with one attached hydrogen (secondary N) is 2. The Bertz CT molecular complexity index is 346. The van der Waals surface area contributed by atoms with E-state index in [9.17, 15) is 9.59 Å². The van der Waals surface area contributed by atoms with E-state index in [0.717, 1.165) is 45.2 Å². The van der Waals surface area contributed by atoms with Gasteiger partial charge in [-0.25, -0.2) is 0 Å². The standard InChI is InChI=1S/C15H27N3O2.ClH/c1-2-12-6-3-4-11-18(12)14(19)8-10-17-15(20)13-7-5-9-16-13;/h12-13,16H,2-11H2,1H3,(H,17,20);1H. The quantitative estimate of drug-likeness (QED) is 0.807. The Labute approximate surface area is 133 Å². The SMILES string of the molecule is CCC1CCCCN1C(=O)CCNC(=O)C1CCCN1.Cl. The number of nitrogens with zero attached hydrogens (tertiary/aromatic N) is 1. The van der Waals surface area contributed by atoms with Gasteiger partial charge in [-0.2, -0.15) is 0 Å². The highest BCUT2D eigenvalue weighted by Gasteiger charge is 2.25. The molecule has 2 amide bonds. The van der Waals surface area contributed by atoms with Gasteiger partial charge in [-0.1, -0.05) is 6.92 Å². The van der Waals surface area contributed by atoms with Crippen LogP contribution in [0.4, 0.5) is 0 Å². The van der Waals surface area contributed by atoms with Gasteiger partial charge in [0, 0.05) is 25.6 Å². The van der Waals surface area contributed by atoms with Crippen LogP contribution in [-0.2, 0) is 9.59 Å². The Balaban J connectivity index is 0.00000220. The zero-order valence-corrected chi connectivity index (χ0v) is 13.7. The van der Waals surface area contributed by atoms with Gasteiger partial charge in [0.25, 0.3) is 0 Å². The molecule has 0 bridgehead atoms. The van der Waals surface area contributed by atoms with Crippen LogP contribution in [0.5, 0.6) is 0 Å². The fourth-order valence-corrected chi connectivity index (χ4v) is 3.22. The number of halogens is 1. The summed E-state index contributed by atoms with van der Waals surface area (Å²) in [5.41, 5.74) is 0. The second-order valence-electron chi connectivity index (χ2n) is 5.83. The van der Waals surface area contributed by atoms with Crippen LogP contribution < -0.4 is 10.6 Å². The van der Waals surface area contributed by atoms with Crippen molar-refractivity contribution >= 4 is 24.2 Å². The van der Waals surface area contributed by atoms with Crippen LogP contribution in [0.3, 0.4) is 0 Å². The molecule has 122 valence electrons. The lowest BCUT2D eigenvalue weighted by molar-refractivity contribution is -0.135. The van der Waals surface area contributed by atoms with Crippen molar-refractivity contribution in [2.45, 2.75) is 64.0 Å². The predicted octanol–water partition coefficient (Wildman–Crippen LogP) is 1.46. The first kappa shape index (κ1) is 18.2. The molecular weight excluding hydrogens is 290 g/mol. The molecule has 2 aliphatic heterocycles. The summed E-state index contributed by atoms with van der Waals surface area (Å²) in [7, 11) is 0. The summed E-state index contributed by atoms with van der Waals surface area (Å²) in [6, 6.07) is 0.354. The Hall–Kier alpha value is -0.810. The van der Waals surface area contributed by atoms with Gasteiger partial charge in [0.1, 0.15) is 0 Å². The lowest BCUT2D eigenvalue weighted by atomic mass is 9.99. The monoisotopic (exact) mass is 317 g/mol. The molecule has 2 unspecified atom stereocenters. The molecule has 5 nitrogen and oxygen atoms in total. The molecule has 6 heteroatoms. The summed E-state index contributed by atoms with van der Waals surface area (Å²) in [4.78, 5) is 26.1. The number of hydrogen-bond donors (Lipinski definition) is 2. The van der Waals surface area contributed by atoms with Crippen molar-refractivity contribution in [2.24, 2.45) is 0 Å². The van der Waals surface area contributed by atoms with Gasteiger partial charge in [0.2, 0.25) is 11.8 Å².